The Balaban J connectivity index is 2.52. The molecule has 0 aliphatic carbocycles. The van der Waals surface area contributed by atoms with Crippen molar-refractivity contribution in [2.45, 2.75) is 24.8 Å². The number of ether oxygens (including phenoxy) is 2. The molecule has 0 saturated heterocycles. The molecule has 0 radical (unpaired) electrons. The summed E-state index contributed by atoms with van der Waals surface area (Å²) >= 11 is 0. The first-order valence-corrected chi connectivity index (χ1v) is 12.7. The summed E-state index contributed by atoms with van der Waals surface area (Å²) < 4.78 is 64.2. The smallest absolute Gasteiger partial charge is 0.354 e. The molecule has 0 fully saturated rings. The number of benzene rings is 2. The Bertz CT molecular complexity index is 1170. The van der Waals surface area contributed by atoms with Crippen molar-refractivity contribution in [1.82, 2.24) is 4.31 Å². The lowest BCUT2D eigenvalue weighted by Gasteiger charge is -2.26. The second-order valence-corrected chi connectivity index (χ2v) is 10.4. The Morgan fingerprint density at radius 2 is 1.66 bits per heavy atom. The fourth-order valence-electron chi connectivity index (χ4n) is 2.82. The molecule has 0 bridgehead atoms. The second kappa shape index (κ2) is 10.5. The zero-order chi connectivity index (χ0) is 23.9. The SMILES string of the molecule is C=C(C(=O)OC)N(Cc1ccccc1NS(=O)(=O)CCC)S(=O)(=O)c1ccc(OC)cc1. The van der Waals surface area contributed by atoms with E-state index in [-0.39, 0.29) is 22.9 Å². The predicted molar refractivity (Wildman–Crippen MR) is 121 cm³/mol. The molecule has 2 aromatic carbocycles. The van der Waals surface area contributed by atoms with Crippen LogP contribution >= 0.6 is 0 Å². The molecule has 0 aliphatic heterocycles. The minimum Gasteiger partial charge on any atom is -0.497 e. The molecule has 0 atom stereocenters. The summed E-state index contributed by atoms with van der Waals surface area (Å²) in [6, 6.07) is 11.9. The van der Waals surface area contributed by atoms with Crippen LogP contribution in [0.4, 0.5) is 5.69 Å². The third-order valence-corrected chi connectivity index (χ3v) is 7.71. The number of rotatable bonds is 11. The van der Waals surface area contributed by atoms with E-state index in [0.29, 0.717) is 17.7 Å². The van der Waals surface area contributed by atoms with Gasteiger partial charge in [0.2, 0.25) is 10.0 Å². The van der Waals surface area contributed by atoms with Gasteiger partial charge in [0.1, 0.15) is 11.4 Å². The quantitative estimate of drug-likeness (QED) is 0.386. The van der Waals surface area contributed by atoms with Gasteiger partial charge in [-0.1, -0.05) is 31.7 Å². The molecule has 1 N–H and O–H groups in total. The first kappa shape index (κ1) is 25.2. The lowest BCUT2D eigenvalue weighted by Crippen LogP contribution is -2.33. The maximum atomic E-state index is 13.4. The van der Waals surface area contributed by atoms with Gasteiger partial charge in [-0.2, -0.15) is 0 Å². The number of carbonyl (C=O) groups is 1. The van der Waals surface area contributed by atoms with Crippen molar-refractivity contribution in [1.29, 1.82) is 0 Å². The van der Waals surface area contributed by atoms with E-state index in [1.165, 1.54) is 37.4 Å². The molecule has 2 aromatic rings. The van der Waals surface area contributed by atoms with Gasteiger partial charge in [0, 0.05) is 0 Å². The highest BCUT2D eigenvalue weighted by molar-refractivity contribution is 7.92. The number of carbonyl (C=O) groups excluding carboxylic acids is 1. The zero-order valence-corrected chi connectivity index (χ0v) is 19.7. The Kier molecular flexibility index (Phi) is 8.28. The first-order valence-electron chi connectivity index (χ1n) is 9.58. The molecular weight excluding hydrogens is 456 g/mol. The van der Waals surface area contributed by atoms with Crippen LogP contribution in [0.5, 0.6) is 5.75 Å². The highest BCUT2D eigenvalue weighted by Gasteiger charge is 2.30. The molecule has 0 heterocycles. The minimum atomic E-state index is -4.25. The number of sulfonamides is 2. The van der Waals surface area contributed by atoms with Crippen molar-refractivity contribution in [3.63, 3.8) is 0 Å². The monoisotopic (exact) mass is 482 g/mol. The summed E-state index contributed by atoms with van der Waals surface area (Å²) in [5.41, 5.74) is 0.109. The van der Waals surface area contributed by atoms with Crippen LogP contribution in [0.25, 0.3) is 0 Å². The van der Waals surface area contributed by atoms with Gasteiger partial charge in [-0.15, -0.1) is 0 Å². The molecule has 2 rings (SSSR count). The third-order valence-electron chi connectivity index (χ3n) is 4.44. The number of esters is 1. The zero-order valence-electron chi connectivity index (χ0n) is 18.1. The van der Waals surface area contributed by atoms with Crippen molar-refractivity contribution in [3.8, 4) is 5.75 Å². The van der Waals surface area contributed by atoms with Crippen LogP contribution in [0.3, 0.4) is 0 Å². The molecule has 0 amide bonds. The molecule has 32 heavy (non-hydrogen) atoms. The van der Waals surface area contributed by atoms with Crippen LogP contribution in [0, 0.1) is 0 Å². The van der Waals surface area contributed by atoms with Crippen LogP contribution in [0.2, 0.25) is 0 Å². The normalized spacial score (nSPS) is 11.5. The number of para-hydroxylation sites is 1. The van der Waals surface area contributed by atoms with Gasteiger partial charge in [-0.25, -0.2) is 21.6 Å². The van der Waals surface area contributed by atoms with Crippen molar-refractivity contribution in [2.75, 3.05) is 24.7 Å². The molecule has 0 aliphatic rings. The summed E-state index contributed by atoms with van der Waals surface area (Å²) in [6.45, 7) is 4.97. The fraction of sp³-hybridized carbons (Fsp3) is 0.286. The van der Waals surface area contributed by atoms with E-state index in [2.05, 4.69) is 16.0 Å². The number of methoxy groups -OCH3 is 2. The van der Waals surface area contributed by atoms with Crippen LogP contribution in [0.15, 0.2) is 65.7 Å². The van der Waals surface area contributed by atoms with Crippen molar-refractivity contribution in [2.24, 2.45) is 0 Å². The van der Waals surface area contributed by atoms with E-state index in [1.54, 1.807) is 25.1 Å². The van der Waals surface area contributed by atoms with Gasteiger partial charge in [0.05, 0.1) is 37.1 Å². The van der Waals surface area contributed by atoms with Crippen LogP contribution < -0.4 is 9.46 Å². The van der Waals surface area contributed by atoms with Gasteiger partial charge in [0.25, 0.3) is 10.0 Å². The first-order chi connectivity index (χ1) is 15.1. The average Bonchev–Trinajstić information content (AvgIpc) is 2.77. The summed E-state index contributed by atoms with van der Waals surface area (Å²) in [5, 5.41) is 0. The van der Waals surface area contributed by atoms with Gasteiger partial charge in [0.15, 0.2) is 0 Å². The lowest BCUT2D eigenvalue weighted by atomic mass is 10.2. The van der Waals surface area contributed by atoms with Crippen LogP contribution in [-0.4, -0.2) is 47.1 Å². The third kappa shape index (κ3) is 6.01. The van der Waals surface area contributed by atoms with Gasteiger partial charge in [-0.3, -0.25) is 9.03 Å². The highest BCUT2D eigenvalue weighted by Crippen LogP contribution is 2.27. The topological polar surface area (TPSA) is 119 Å². The Hall–Kier alpha value is -3.05. The molecule has 0 saturated carbocycles. The van der Waals surface area contributed by atoms with Gasteiger partial charge >= 0.3 is 5.97 Å². The van der Waals surface area contributed by atoms with Crippen molar-refractivity contribution >= 4 is 31.7 Å². The number of nitrogens with one attached hydrogen (secondary N) is 1. The molecule has 0 unspecified atom stereocenters. The van der Waals surface area contributed by atoms with Crippen molar-refractivity contribution in [3.05, 3.63) is 66.4 Å². The van der Waals surface area contributed by atoms with E-state index in [0.717, 1.165) is 11.4 Å². The number of hydrogen-bond acceptors (Lipinski definition) is 7. The largest absolute Gasteiger partial charge is 0.497 e. The molecule has 0 spiro atoms. The molecule has 174 valence electrons. The van der Waals surface area contributed by atoms with Gasteiger partial charge < -0.3 is 9.47 Å². The summed E-state index contributed by atoms with van der Waals surface area (Å²) in [7, 11) is -5.32. The van der Waals surface area contributed by atoms with E-state index in [9.17, 15) is 21.6 Å². The number of hydrogen-bond donors (Lipinski definition) is 1. The van der Waals surface area contributed by atoms with Crippen LogP contribution in [-0.2, 0) is 36.1 Å². The van der Waals surface area contributed by atoms with Gasteiger partial charge in [-0.05, 0) is 42.3 Å². The standard InChI is InChI=1S/C21H26N2O7S2/c1-5-14-31(25,26)22-20-9-7-6-8-17(20)15-23(16(2)21(24)30-4)32(27,28)19-12-10-18(29-3)11-13-19/h6-13,22H,2,5,14-15H2,1,3-4H3. The maximum Gasteiger partial charge on any atom is 0.354 e. The summed E-state index contributed by atoms with van der Waals surface area (Å²) in [4.78, 5) is 12.1. The molecule has 0 aromatic heterocycles. The lowest BCUT2D eigenvalue weighted by molar-refractivity contribution is -0.137. The highest BCUT2D eigenvalue weighted by atomic mass is 32.2. The second-order valence-electron chi connectivity index (χ2n) is 6.70. The Morgan fingerprint density at radius 1 is 1.03 bits per heavy atom. The van der Waals surface area contributed by atoms with E-state index in [1.807, 2.05) is 0 Å². The predicted octanol–water partition coefficient (Wildman–Crippen LogP) is 2.72. The summed E-state index contributed by atoms with van der Waals surface area (Å²) in [6.07, 6.45) is 0.411. The van der Waals surface area contributed by atoms with E-state index >= 15 is 0 Å². The number of anilines is 1. The maximum absolute atomic E-state index is 13.4. The molecule has 11 heteroatoms. The minimum absolute atomic E-state index is 0.0932. The average molecular weight is 483 g/mol. The molecular formula is C21H26N2O7S2. The van der Waals surface area contributed by atoms with E-state index < -0.39 is 31.7 Å². The number of nitrogens with zero attached hydrogens (tertiary/aromatic N) is 1. The van der Waals surface area contributed by atoms with Crippen molar-refractivity contribution < 1.29 is 31.1 Å². The van der Waals surface area contributed by atoms with E-state index in [4.69, 9.17) is 4.74 Å². The Labute approximate surface area is 188 Å². The van der Waals surface area contributed by atoms with Crippen LogP contribution in [0.1, 0.15) is 18.9 Å². The summed E-state index contributed by atoms with van der Waals surface area (Å²) in [5.74, 6) is -0.576. The Morgan fingerprint density at radius 3 is 2.22 bits per heavy atom. The molecule has 9 nitrogen and oxygen atoms in total. The fourth-order valence-corrected chi connectivity index (χ4v) is 5.40.